The molecule has 1 aromatic rings. The first kappa shape index (κ1) is 11.3. The average molecular weight is 205 g/mol. The first-order chi connectivity index (χ1) is 7.24. The van der Waals surface area contributed by atoms with Crippen LogP contribution in [-0.2, 0) is 0 Å². The lowest BCUT2D eigenvalue weighted by Crippen LogP contribution is -2.10. The van der Waals surface area contributed by atoms with E-state index in [0.29, 0.717) is 18.8 Å². The van der Waals surface area contributed by atoms with Gasteiger partial charge in [-0.2, -0.15) is 5.26 Å². The van der Waals surface area contributed by atoms with Crippen LogP contribution in [-0.4, -0.2) is 17.6 Å². The van der Waals surface area contributed by atoms with E-state index in [0.717, 1.165) is 5.69 Å². The molecular weight excluding hydrogens is 190 g/mol. The Morgan fingerprint density at radius 3 is 3.07 bits per heavy atom. The lowest BCUT2D eigenvalue weighted by molar-refractivity contribution is 0.234. The fourth-order valence-electron chi connectivity index (χ4n) is 1.10. The van der Waals surface area contributed by atoms with Crippen LogP contribution in [0.1, 0.15) is 20.3 Å². The number of aromatic nitrogens is 1. The minimum atomic E-state index is 0.0939. The molecule has 0 aromatic carbocycles. The number of ether oxygens (including phenoxy) is 1. The summed E-state index contributed by atoms with van der Waals surface area (Å²) in [5, 5.41) is 11.5. The molecule has 0 aliphatic carbocycles. The smallest absolute Gasteiger partial charge is 0.237 e. The molecule has 0 amide bonds. The van der Waals surface area contributed by atoms with E-state index in [-0.39, 0.29) is 6.10 Å². The van der Waals surface area contributed by atoms with Crippen molar-refractivity contribution in [1.82, 2.24) is 4.98 Å². The number of hydrogen-bond acceptors (Lipinski definition) is 4. The van der Waals surface area contributed by atoms with Gasteiger partial charge in [-0.1, -0.05) is 0 Å². The number of nitrogens with one attached hydrogen (secondary N) is 1. The largest absolute Gasteiger partial charge is 0.473 e. The molecule has 0 aliphatic rings. The van der Waals surface area contributed by atoms with Crippen molar-refractivity contribution < 1.29 is 4.74 Å². The molecule has 4 nitrogen and oxygen atoms in total. The van der Waals surface area contributed by atoms with E-state index in [1.807, 2.05) is 26.0 Å². The van der Waals surface area contributed by atoms with Crippen LogP contribution in [0.5, 0.6) is 5.88 Å². The Kier molecular flexibility index (Phi) is 4.42. The van der Waals surface area contributed by atoms with Crippen LogP contribution in [0.4, 0.5) is 5.69 Å². The number of rotatable bonds is 5. The van der Waals surface area contributed by atoms with E-state index in [1.54, 1.807) is 6.20 Å². The number of pyridine rings is 1. The van der Waals surface area contributed by atoms with Gasteiger partial charge in [0.05, 0.1) is 24.3 Å². The monoisotopic (exact) mass is 205 g/mol. The molecular formula is C11H15N3O. The van der Waals surface area contributed by atoms with E-state index in [2.05, 4.69) is 16.4 Å². The lowest BCUT2D eigenvalue weighted by Gasteiger charge is -2.13. The zero-order chi connectivity index (χ0) is 11.1. The van der Waals surface area contributed by atoms with Crippen molar-refractivity contribution in [3.8, 4) is 11.9 Å². The molecule has 80 valence electrons. The molecule has 1 N–H and O–H groups in total. The van der Waals surface area contributed by atoms with Crippen molar-refractivity contribution in [2.24, 2.45) is 0 Å². The van der Waals surface area contributed by atoms with Gasteiger partial charge in [0.1, 0.15) is 0 Å². The molecule has 0 spiro atoms. The molecule has 4 heteroatoms. The third-order valence-corrected chi connectivity index (χ3v) is 1.67. The highest BCUT2D eigenvalue weighted by Gasteiger charge is 2.05. The zero-order valence-electron chi connectivity index (χ0n) is 9.03. The van der Waals surface area contributed by atoms with Crippen molar-refractivity contribution in [2.75, 3.05) is 11.9 Å². The summed E-state index contributed by atoms with van der Waals surface area (Å²) in [5.74, 6) is 0.588. The number of hydrogen-bond donors (Lipinski definition) is 1. The third kappa shape index (κ3) is 3.86. The van der Waals surface area contributed by atoms with Gasteiger partial charge in [-0.05, 0) is 26.0 Å². The van der Waals surface area contributed by atoms with Gasteiger partial charge in [0.2, 0.25) is 5.88 Å². The summed E-state index contributed by atoms with van der Waals surface area (Å²) in [7, 11) is 0. The maximum atomic E-state index is 8.42. The van der Waals surface area contributed by atoms with Crippen LogP contribution in [0.25, 0.3) is 0 Å². The van der Waals surface area contributed by atoms with Gasteiger partial charge < -0.3 is 10.1 Å². The minimum absolute atomic E-state index is 0.0939. The molecule has 0 radical (unpaired) electrons. The number of anilines is 1. The molecule has 0 saturated heterocycles. The predicted octanol–water partition coefficient (Wildman–Crippen LogP) is 2.19. The molecule has 0 atom stereocenters. The number of nitrogens with zero attached hydrogens (tertiary/aromatic N) is 2. The zero-order valence-corrected chi connectivity index (χ0v) is 9.03. The van der Waals surface area contributed by atoms with Crippen molar-refractivity contribution in [2.45, 2.75) is 26.4 Å². The Morgan fingerprint density at radius 1 is 1.60 bits per heavy atom. The molecule has 0 saturated carbocycles. The van der Waals surface area contributed by atoms with Crippen LogP contribution in [0.3, 0.4) is 0 Å². The maximum Gasteiger partial charge on any atom is 0.237 e. The van der Waals surface area contributed by atoms with Crippen LogP contribution in [0.2, 0.25) is 0 Å². The Labute approximate surface area is 89.9 Å². The van der Waals surface area contributed by atoms with Gasteiger partial charge in [0.15, 0.2) is 0 Å². The fourth-order valence-corrected chi connectivity index (χ4v) is 1.10. The fraction of sp³-hybridized carbons (Fsp3) is 0.455. The van der Waals surface area contributed by atoms with Crippen molar-refractivity contribution in [3.05, 3.63) is 18.3 Å². The second-order valence-electron chi connectivity index (χ2n) is 3.36. The average Bonchev–Trinajstić information content (AvgIpc) is 2.20. The summed E-state index contributed by atoms with van der Waals surface area (Å²) in [6, 6.07) is 5.80. The maximum absolute atomic E-state index is 8.42. The van der Waals surface area contributed by atoms with E-state index in [9.17, 15) is 0 Å². The standard InChI is InChI=1S/C11H15N3O/c1-9(2)15-11-10(5-3-7-14-11)13-8-4-6-12/h3,5,7,9,13H,4,8H2,1-2H3. The summed E-state index contributed by atoms with van der Waals surface area (Å²) in [4.78, 5) is 4.13. The highest BCUT2D eigenvalue weighted by atomic mass is 16.5. The first-order valence-electron chi connectivity index (χ1n) is 4.96. The molecule has 0 fully saturated rings. The van der Waals surface area contributed by atoms with Crippen LogP contribution < -0.4 is 10.1 Å². The molecule has 0 aliphatic heterocycles. The summed E-state index contributed by atoms with van der Waals surface area (Å²) in [5.41, 5.74) is 0.835. The molecule has 1 rings (SSSR count). The Hall–Kier alpha value is -1.76. The topological polar surface area (TPSA) is 57.9 Å². The minimum Gasteiger partial charge on any atom is -0.473 e. The second-order valence-corrected chi connectivity index (χ2v) is 3.36. The molecule has 15 heavy (non-hydrogen) atoms. The van der Waals surface area contributed by atoms with E-state index >= 15 is 0 Å². The van der Waals surface area contributed by atoms with Crippen LogP contribution >= 0.6 is 0 Å². The van der Waals surface area contributed by atoms with Gasteiger partial charge >= 0.3 is 0 Å². The van der Waals surface area contributed by atoms with Gasteiger partial charge in [-0.25, -0.2) is 4.98 Å². The highest BCUT2D eigenvalue weighted by molar-refractivity contribution is 5.52. The summed E-state index contributed by atoms with van der Waals surface area (Å²) < 4.78 is 5.52. The van der Waals surface area contributed by atoms with Crippen molar-refractivity contribution in [1.29, 1.82) is 5.26 Å². The summed E-state index contributed by atoms with van der Waals surface area (Å²) >= 11 is 0. The van der Waals surface area contributed by atoms with Crippen molar-refractivity contribution >= 4 is 5.69 Å². The van der Waals surface area contributed by atoms with Crippen LogP contribution in [0, 0.1) is 11.3 Å². The van der Waals surface area contributed by atoms with Gasteiger partial charge in [0.25, 0.3) is 0 Å². The van der Waals surface area contributed by atoms with E-state index in [4.69, 9.17) is 10.00 Å². The Bertz CT molecular complexity index is 344. The summed E-state index contributed by atoms with van der Waals surface area (Å²) in [6.45, 7) is 4.51. The number of nitriles is 1. The summed E-state index contributed by atoms with van der Waals surface area (Å²) in [6.07, 6.45) is 2.25. The second kappa shape index (κ2) is 5.86. The van der Waals surface area contributed by atoms with Gasteiger partial charge in [-0.15, -0.1) is 0 Å². The highest BCUT2D eigenvalue weighted by Crippen LogP contribution is 2.21. The Balaban J connectivity index is 2.65. The molecule has 0 unspecified atom stereocenters. The lowest BCUT2D eigenvalue weighted by atomic mass is 10.3. The Morgan fingerprint density at radius 2 is 2.40 bits per heavy atom. The SMILES string of the molecule is CC(C)Oc1ncccc1NCCC#N. The third-order valence-electron chi connectivity index (χ3n) is 1.67. The molecule has 1 heterocycles. The quantitative estimate of drug-likeness (QED) is 0.748. The van der Waals surface area contributed by atoms with Crippen LogP contribution in [0.15, 0.2) is 18.3 Å². The predicted molar refractivity (Wildman–Crippen MR) is 58.7 cm³/mol. The van der Waals surface area contributed by atoms with Gasteiger partial charge in [0, 0.05) is 12.7 Å². The molecule has 0 bridgehead atoms. The van der Waals surface area contributed by atoms with Crippen molar-refractivity contribution in [3.63, 3.8) is 0 Å². The molecule has 1 aromatic heterocycles. The first-order valence-corrected chi connectivity index (χ1v) is 4.96. The normalized spacial score (nSPS) is 9.73. The van der Waals surface area contributed by atoms with E-state index < -0.39 is 0 Å². The van der Waals surface area contributed by atoms with Gasteiger partial charge in [-0.3, -0.25) is 0 Å². The van der Waals surface area contributed by atoms with E-state index in [1.165, 1.54) is 0 Å².